The molecule has 0 radical (unpaired) electrons. The number of nitrogen functional groups attached to an aromatic ring is 1. The molecule has 0 aliphatic heterocycles. The van der Waals surface area contributed by atoms with E-state index in [-0.39, 0.29) is 264 Å². The Balaban J connectivity index is 0.00000505. The maximum atomic E-state index is 14.5. The molecule has 498 valence electrons. The molecule has 53 heteroatoms. The number of halogens is 1. The summed E-state index contributed by atoms with van der Waals surface area (Å²) < 4.78 is 255. The third kappa shape index (κ3) is 23.9. The van der Waals surface area contributed by atoms with Crippen LogP contribution in [-0.4, -0.2) is 121 Å². The Bertz CT molecular complexity index is 5780. The molecule has 9 aromatic rings. The minimum Gasteiger partial charge on any atom is -0.870 e. The number of aromatic nitrogens is 6. The number of aryl methyl sites for hydroxylation is 3. The van der Waals surface area contributed by atoms with Crippen molar-refractivity contribution in [1.82, 2.24) is 29.9 Å². The van der Waals surface area contributed by atoms with Crippen molar-refractivity contribution < 1.29 is 303 Å². The van der Waals surface area contributed by atoms with E-state index in [4.69, 9.17) is 17.3 Å². The van der Waals surface area contributed by atoms with Crippen LogP contribution in [0.15, 0.2) is 168 Å². The monoisotopic (exact) mass is 1620 g/mol. The number of aromatic amines is 2. The van der Waals surface area contributed by atoms with Crippen LogP contribution in [0.3, 0.4) is 0 Å². The summed E-state index contributed by atoms with van der Waals surface area (Å²) in [5, 5.41) is 35.0. The molecule has 102 heavy (non-hydrogen) atoms. The minimum atomic E-state index is -5.90. The van der Waals surface area contributed by atoms with Gasteiger partial charge in [-0.05, 0) is 158 Å². The quantitative estimate of drug-likeness (QED) is 0.0171. The van der Waals surface area contributed by atoms with Crippen LogP contribution in [0.25, 0.3) is 10.8 Å². The zero-order valence-electron chi connectivity index (χ0n) is 54.1. The molecule has 9 rings (SSSR count). The Morgan fingerprint density at radius 3 is 1.19 bits per heavy atom. The molecule has 0 saturated heterocycles. The molecule has 0 fully saturated rings. The maximum absolute atomic E-state index is 14.5. The largest absolute Gasteiger partial charge is 1.00 e. The number of nitrogens with two attached hydrogens (primary N) is 1. The van der Waals surface area contributed by atoms with Crippen LogP contribution in [0.1, 0.15) is 16.7 Å². The number of fused-ring (bicyclic) bond motifs is 1. The van der Waals surface area contributed by atoms with Gasteiger partial charge < -0.3 is 54.1 Å². The van der Waals surface area contributed by atoms with Crippen LogP contribution >= 0.6 is 11.6 Å². The number of azo groups is 2. The third-order valence-corrected chi connectivity index (χ3v) is 18.9. The summed E-state index contributed by atoms with van der Waals surface area (Å²) in [6.07, 6.45) is 0. The first-order valence-electron chi connectivity index (χ1n) is 25.2. The number of anilines is 7. The van der Waals surface area contributed by atoms with Crippen LogP contribution in [0, 0.1) is 20.8 Å². The zero-order chi connectivity index (χ0) is 69.9. The molecule has 0 atom stereocenters. The summed E-state index contributed by atoms with van der Waals surface area (Å²) in [5.41, 5.74) is -0.241. The summed E-state index contributed by atoms with van der Waals surface area (Å²) in [4.78, 5) is 22.9. The summed E-state index contributed by atoms with van der Waals surface area (Å²) >= 11 is 6.11. The van der Waals surface area contributed by atoms with Gasteiger partial charge in [0.05, 0.1) is 52.1 Å². The van der Waals surface area contributed by atoms with Gasteiger partial charge >= 0.3 is 207 Å². The molecule has 0 unspecified atom stereocenters. The molecule has 2 heterocycles. The molecule has 0 saturated carbocycles. The number of hydrogen-bond acceptors (Lipinski definition) is 35. The van der Waals surface area contributed by atoms with E-state index in [9.17, 15) is 95.9 Å². The first-order valence-corrected chi connectivity index (χ1v) is 35.5. The summed E-state index contributed by atoms with van der Waals surface area (Å²) in [7, 11) is -37.4. The smallest absolute Gasteiger partial charge is 0.870 e. The van der Waals surface area contributed by atoms with Crippen LogP contribution < -0.4 is 245 Å². The van der Waals surface area contributed by atoms with Gasteiger partial charge in [-0.25, -0.2) is 60.5 Å². The Morgan fingerprint density at radius 2 is 0.814 bits per heavy atom. The predicted octanol–water partition coefficient (Wildman–Crippen LogP) is -16.5. The second-order valence-electron chi connectivity index (χ2n) is 19.4. The fourth-order valence-electron chi connectivity index (χ4n) is 8.47. The second-order valence-corrected chi connectivity index (χ2v) is 29.3. The van der Waals surface area contributed by atoms with E-state index in [1.54, 1.807) is 0 Å². The summed E-state index contributed by atoms with van der Waals surface area (Å²) in [5.74, 6) is -2.44. The van der Waals surface area contributed by atoms with E-state index >= 15 is 0 Å². The Kier molecular flexibility index (Phi) is 34.7. The second kappa shape index (κ2) is 37.1. The molecule has 0 aliphatic rings. The van der Waals surface area contributed by atoms with Gasteiger partial charge in [-0.1, -0.05) is 5.75 Å². The number of nitrogens with one attached hydrogen (secondary N) is 5. The number of benzene rings is 7. The normalized spacial score (nSPS) is 12.1. The maximum Gasteiger partial charge on any atom is 1.00 e. The van der Waals surface area contributed by atoms with Crippen molar-refractivity contribution in [2.24, 2.45) is 30.4 Å². The first-order chi connectivity index (χ1) is 43.9. The van der Waals surface area contributed by atoms with E-state index in [1.165, 1.54) is 39.0 Å². The summed E-state index contributed by atoms with van der Waals surface area (Å²) in [6, 6.07) is 14.9. The minimum absolute atomic E-state index is 0. The number of nitrogens with zero attached hydrogens (tertiary/aromatic N) is 10. The topological polar surface area (TPSA) is 640 Å². The van der Waals surface area contributed by atoms with Crippen LogP contribution in [0.2, 0.25) is 5.28 Å². The van der Waals surface area contributed by atoms with Gasteiger partial charge in [0, 0.05) is 22.4 Å². The van der Waals surface area contributed by atoms with E-state index in [1.807, 2.05) is 0 Å². The van der Waals surface area contributed by atoms with Crippen molar-refractivity contribution in [3.8, 4) is 5.75 Å². The Labute approximate surface area is 738 Å². The zero-order valence-corrected chi connectivity index (χ0v) is 74.6. The van der Waals surface area contributed by atoms with E-state index in [2.05, 4.69) is 76.3 Å². The van der Waals surface area contributed by atoms with Crippen molar-refractivity contribution in [2.45, 2.75) is 55.0 Å². The first kappa shape index (κ1) is 95.4. The molecule has 2 aromatic heterocycles. The molecule has 7 aromatic carbocycles. The standard InChI is InChI=1S/C49H41ClN16O22S7.7Na/c1-21-14-27(89(68,69)70)6-9-30(21)54-47-58-44(50)57-45(59-47)52-25-4-12-36(93(80,81)82)34(19-25)64-66-42-38(95(86,87)88)18-24-17-37(94(83,84)85)41(40(51)39(24)43(42)67)65-63-33-20-26(5-13-35(33)92(77,78)79)53-46-60-48(55-31-10-7-28(15-22(31)2)90(71,72)73)62-49(61-46)56-32-11-8-29(16-23(32)3)91(74,75)76;;;;;;;/h4-20,67H,51H2,1-3H3,(H,68,69,70)(H,71,72,73)(H,74,75,76)(H,77,78,79)(H,80,81,82)(H,83,84,85)(H,86,87,88)(H2,52,54,57,58,59)(H3,53,55,56,60,61,62);;;;;;;/q;7*+1/p-7. The van der Waals surface area contributed by atoms with E-state index in [0.29, 0.717) is 24.3 Å². The van der Waals surface area contributed by atoms with Gasteiger partial charge in [-0.15, -0.1) is 20.5 Å². The molecular formula is C49H34ClN16Na7O22S7. The third-order valence-electron chi connectivity index (χ3n) is 12.8. The molecule has 38 nitrogen and oxygen atoms in total. The average molecular weight is 1620 g/mol. The Morgan fingerprint density at radius 1 is 0.441 bits per heavy atom. The molecular weight excluding hydrogens is 1590 g/mol. The van der Waals surface area contributed by atoms with Gasteiger partial charge in [-0.3, -0.25) is 14.5 Å². The van der Waals surface area contributed by atoms with Crippen molar-refractivity contribution in [3.63, 3.8) is 0 Å². The summed E-state index contributed by atoms with van der Waals surface area (Å²) in [6.45, 7) is 4.27. The van der Waals surface area contributed by atoms with Crippen molar-refractivity contribution in [3.05, 3.63) is 136 Å². The molecule has 0 bridgehead atoms. The van der Waals surface area contributed by atoms with E-state index in [0.717, 1.165) is 60.7 Å². The predicted molar refractivity (Wildman–Crippen MR) is 318 cm³/mol. The molecule has 0 spiro atoms. The van der Waals surface area contributed by atoms with Gasteiger partial charge in [0.25, 0.3) is 15.7 Å². The van der Waals surface area contributed by atoms with Crippen LogP contribution in [0.5, 0.6) is 5.75 Å². The van der Waals surface area contributed by atoms with Gasteiger partial charge in [-0.2, -0.15) is 28.4 Å². The van der Waals surface area contributed by atoms with Crippen molar-refractivity contribution in [1.29, 1.82) is 0 Å². The number of H-pyrrole nitrogens is 2. The fraction of sp³-hybridized carbons (Fsp3) is 0.0612. The van der Waals surface area contributed by atoms with Gasteiger partial charge in [0.15, 0.2) is 0 Å². The van der Waals surface area contributed by atoms with Crippen molar-refractivity contribution >= 4 is 168 Å². The molecule has 8 N–H and O–H groups in total. The number of hydrogen-bond donors (Lipinski definition) is 7. The van der Waals surface area contributed by atoms with Gasteiger partial charge in [0.1, 0.15) is 82.7 Å². The van der Waals surface area contributed by atoms with E-state index < -0.39 is 172 Å². The molecule has 0 amide bonds. The Hall–Kier alpha value is -2.72. The molecule has 0 aliphatic carbocycles. The number of rotatable bonds is 19. The van der Waals surface area contributed by atoms with Crippen molar-refractivity contribution in [2.75, 3.05) is 21.7 Å². The average Bonchev–Trinajstić information content (AvgIpc) is 0.739. The van der Waals surface area contributed by atoms with Crippen LogP contribution in [0.4, 0.5) is 74.7 Å². The van der Waals surface area contributed by atoms with Crippen LogP contribution in [-0.2, 0) is 70.8 Å². The van der Waals surface area contributed by atoms with Gasteiger partial charge in [0.2, 0.25) is 28.7 Å². The SMILES string of the molecule is Cc1cc(S(=O)(=O)[O-])ccc1Nc1nc(=Nc2ccc(S(=O)(=O)[O-])c(N=Nc3c(S(=O)(=O)[O-])cc4cc(S(=O)(=O)O)c(N=Nc5cc(N=c6nc(Cl)nc(Nc7ccc(S(=O)(=O)[O-])cc7C)[nH]6)ccc5S(=O)(=O)[O-])c([O-])c4c3N)c2)nc(Nc2ccc(S(=O)(=O)[O-])cc2C)[nH]1.[Na+].[Na+].[Na+].[Na+].[Na+].[Na+].[Na+]. The fourth-order valence-corrected chi connectivity index (χ4v) is 12.8.